The zero-order valence-corrected chi connectivity index (χ0v) is 20.0. The molecule has 0 saturated carbocycles. The molecule has 0 unspecified atom stereocenters. The van der Waals surface area contributed by atoms with E-state index < -0.39 is 6.16 Å². The van der Waals surface area contributed by atoms with E-state index in [1.54, 1.807) is 11.8 Å². The molecule has 33 heavy (non-hydrogen) atoms. The highest BCUT2D eigenvalue weighted by molar-refractivity contribution is 6.23. The van der Waals surface area contributed by atoms with Gasteiger partial charge in [0.05, 0.1) is 12.7 Å². The van der Waals surface area contributed by atoms with Crippen molar-refractivity contribution in [2.45, 2.75) is 46.5 Å². The maximum absolute atomic E-state index is 13.6. The van der Waals surface area contributed by atoms with Crippen molar-refractivity contribution in [1.82, 2.24) is 4.90 Å². The van der Waals surface area contributed by atoms with Crippen molar-refractivity contribution in [2.75, 3.05) is 33.9 Å². The third-order valence-corrected chi connectivity index (χ3v) is 6.50. The van der Waals surface area contributed by atoms with Gasteiger partial charge in [0.25, 0.3) is 0 Å². The Kier molecular flexibility index (Phi) is 7.60. The highest BCUT2D eigenvalue weighted by Gasteiger charge is 2.44. The van der Waals surface area contributed by atoms with E-state index in [1.165, 1.54) is 14.2 Å². The summed E-state index contributed by atoms with van der Waals surface area (Å²) in [6, 6.07) is 3.89. The number of carbonyl (C=O) groups is 3. The highest BCUT2D eigenvalue weighted by atomic mass is 16.7. The lowest BCUT2D eigenvalue weighted by Crippen LogP contribution is -2.46. The number of piperidine rings is 1. The minimum atomic E-state index is -0.844. The van der Waals surface area contributed by atoms with Crippen LogP contribution in [0.25, 0.3) is 5.57 Å². The monoisotopic (exact) mass is 453 g/mol. The average molecular weight is 454 g/mol. The van der Waals surface area contributed by atoms with Crippen molar-refractivity contribution >= 4 is 23.4 Å². The Morgan fingerprint density at radius 3 is 2.27 bits per heavy atom. The third kappa shape index (κ3) is 5.28. The smallest absolute Gasteiger partial charge is 0.437 e. The summed E-state index contributed by atoms with van der Waals surface area (Å²) >= 11 is 0. The van der Waals surface area contributed by atoms with Crippen LogP contribution >= 0.6 is 0 Å². The van der Waals surface area contributed by atoms with Crippen molar-refractivity contribution in [1.29, 1.82) is 0 Å². The lowest BCUT2D eigenvalue weighted by Gasteiger charge is -2.44. The van der Waals surface area contributed by atoms with Gasteiger partial charge < -0.3 is 19.1 Å². The lowest BCUT2D eigenvalue weighted by atomic mass is 9.66. The van der Waals surface area contributed by atoms with Crippen LogP contribution < -0.4 is 0 Å². The number of hydrogen-bond donors (Lipinski definition) is 0. The van der Waals surface area contributed by atoms with Gasteiger partial charge in [0.2, 0.25) is 5.91 Å². The summed E-state index contributed by atoms with van der Waals surface area (Å²) in [5.74, 6) is 6.18. The zero-order valence-electron chi connectivity index (χ0n) is 20.0. The highest BCUT2D eigenvalue weighted by Crippen LogP contribution is 2.48. The van der Waals surface area contributed by atoms with Crippen LogP contribution in [-0.2, 0) is 23.8 Å². The van der Waals surface area contributed by atoms with Gasteiger partial charge >= 0.3 is 6.16 Å². The molecule has 1 heterocycles. The normalized spacial score (nSPS) is 17.5. The number of allylic oxidation sites excluding steroid dienone is 2. The number of amides is 1. The number of rotatable bonds is 4. The zero-order chi connectivity index (χ0) is 24.2. The second-order valence-electron chi connectivity index (χ2n) is 8.80. The van der Waals surface area contributed by atoms with Crippen LogP contribution in [-0.4, -0.2) is 56.7 Å². The quantitative estimate of drug-likeness (QED) is 0.510. The van der Waals surface area contributed by atoms with Crippen molar-refractivity contribution in [3.05, 3.63) is 40.1 Å². The fraction of sp³-hybridized carbons (Fsp3) is 0.500. The standard InChI is InChI=1S/C26H31NO6/c1-6-7-19-12-17(2)23(18(3)13-19)24-20(28)14-26(15-21(24)33-25(30)32-5)8-10-27(11-9-26)22(29)16-31-4/h12-13H,8-11,14-16H2,1-5H3. The van der Waals surface area contributed by atoms with Gasteiger partial charge in [-0.05, 0) is 67.9 Å². The number of ether oxygens (including phenoxy) is 3. The van der Waals surface area contributed by atoms with Gasteiger partial charge in [0.15, 0.2) is 5.78 Å². The van der Waals surface area contributed by atoms with Crippen LogP contribution in [0.1, 0.15) is 54.9 Å². The Labute approximate surface area is 195 Å². The van der Waals surface area contributed by atoms with E-state index in [1.807, 2.05) is 26.0 Å². The molecule has 1 aliphatic carbocycles. The molecule has 1 spiro atoms. The Balaban J connectivity index is 1.99. The van der Waals surface area contributed by atoms with E-state index in [-0.39, 0.29) is 23.7 Å². The molecule has 1 aliphatic heterocycles. The maximum atomic E-state index is 13.6. The molecule has 0 aromatic heterocycles. The molecule has 1 saturated heterocycles. The summed E-state index contributed by atoms with van der Waals surface area (Å²) in [5, 5.41) is 0. The van der Waals surface area contributed by atoms with Crippen LogP contribution in [0.4, 0.5) is 4.79 Å². The number of ketones is 1. The first-order valence-corrected chi connectivity index (χ1v) is 11.1. The first kappa shape index (κ1) is 24.5. The number of likely N-dealkylation sites (tertiary alicyclic amines) is 1. The molecule has 1 aromatic carbocycles. The van der Waals surface area contributed by atoms with Crippen LogP contribution in [0.15, 0.2) is 17.9 Å². The summed E-state index contributed by atoms with van der Waals surface area (Å²) in [7, 11) is 2.74. The molecule has 0 atom stereocenters. The second kappa shape index (κ2) is 10.2. The van der Waals surface area contributed by atoms with E-state index in [0.29, 0.717) is 50.1 Å². The molecule has 3 rings (SSSR count). The predicted molar refractivity (Wildman–Crippen MR) is 123 cm³/mol. The Bertz CT molecular complexity index is 1030. The molecule has 0 N–H and O–H groups in total. The fourth-order valence-corrected chi connectivity index (χ4v) is 4.96. The molecule has 7 heteroatoms. The first-order chi connectivity index (χ1) is 15.7. The summed E-state index contributed by atoms with van der Waals surface area (Å²) in [4.78, 5) is 39.6. The SMILES string of the molecule is CC#Cc1cc(C)c(C2=C(OC(=O)OC)CC3(CCN(C(=O)COC)CC3)CC2=O)c(C)c1. The Hall–Kier alpha value is -3.11. The largest absolute Gasteiger partial charge is 0.513 e. The van der Waals surface area contributed by atoms with Crippen LogP contribution in [0.5, 0.6) is 0 Å². The average Bonchev–Trinajstić information content (AvgIpc) is 2.76. The number of nitrogens with zero attached hydrogens (tertiary/aromatic N) is 1. The number of hydrogen-bond acceptors (Lipinski definition) is 6. The van der Waals surface area contributed by atoms with Crippen LogP contribution in [0, 0.1) is 31.1 Å². The molecular weight excluding hydrogens is 422 g/mol. The van der Waals surface area contributed by atoms with Crippen molar-refractivity contribution in [3.63, 3.8) is 0 Å². The summed E-state index contributed by atoms with van der Waals surface area (Å²) in [6.45, 7) is 6.77. The second-order valence-corrected chi connectivity index (χ2v) is 8.80. The van der Waals surface area contributed by atoms with Gasteiger partial charge in [-0.25, -0.2) is 4.79 Å². The number of Topliss-reactive ketones (excluding diaryl/α,β-unsaturated/α-hetero) is 1. The van der Waals surface area contributed by atoms with Crippen molar-refractivity contribution < 1.29 is 28.6 Å². The molecule has 0 bridgehead atoms. The van der Waals surface area contributed by atoms with Gasteiger partial charge in [-0.3, -0.25) is 9.59 Å². The molecule has 0 radical (unpaired) electrons. The molecule has 1 fully saturated rings. The van der Waals surface area contributed by atoms with E-state index >= 15 is 0 Å². The van der Waals surface area contributed by atoms with E-state index in [2.05, 4.69) is 11.8 Å². The third-order valence-electron chi connectivity index (χ3n) is 6.50. The minimum Gasteiger partial charge on any atom is -0.437 e. The molecule has 7 nitrogen and oxygen atoms in total. The van der Waals surface area contributed by atoms with Crippen molar-refractivity contribution in [3.8, 4) is 11.8 Å². The number of benzene rings is 1. The maximum Gasteiger partial charge on any atom is 0.513 e. The molecule has 1 aromatic rings. The Morgan fingerprint density at radius 2 is 1.73 bits per heavy atom. The number of aryl methyl sites for hydroxylation is 2. The first-order valence-electron chi connectivity index (χ1n) is 11.1. The predicted octanol–water partition coefficient (Wildman–Crippen LogP) is 3.79. The van der Waals surface area contributed by atoms with E-state index in [9.17, 15) is 14.4 Å². The number of methoxy groups -OCH3 is 2. The van der Waals surface area contributed by atoms with E-state index in [4.69, 9.17) is 14.2 Å². The lowest BCUT2D eigenvalue weighted by molar-refractivity contribution is -0.137. The van der Waals surface area contributed by atoms with Gasteiger partial charge in [-0.2, -0.15) is 0 Å². The van der Waals surface area contributed by atoms with Gasteiger partial charge in [-0.15, -0.1) is 5.92 Å². The Morgan fingerprint density at radius 1 is 1.09 bits per heavy atom. The molecule has 1 amide bonds. The summed E-state index contributed by atoms with van der Waals surface area (Å²) in [5.41, 5.74) is 3.54. The van der Waals surface area contributed by atoms with E-state index in [0.717, 1.165) is 22.3 Å². The molecular formula is C26H31NO6. The summed E-state index contributed by atoms with van der Waals surface area (Å²) < 4.78 is 15.3. The minimum absolute atomic E-state index is 0.0453. The van der Waals surface area contributed by atoms with Gasteiger partial charge in [0, 0.05) is 38.6 Å². The summed E-state index contributed by atoms with van der Waals surface area (Å²) in [6.07, 6.45) is 1.24. The molecule has 2 aliphatic rings. The van der Waals surface area contributed by atoms with Crippen LogP contribution in [0.2, 0.25) is 0 Å². The van der Waals surface area contributed by atoms with Gasteiger partial charge in [-0.1, -0.05) is 5.92 Å². The number of carbonyl (C=O) groups excluding carboxylic acids is 3. The van der Waals surface area contributed by atoms with Crippen LogP contribution in [0.3, 0.4) is 0 Å². The fourth-order valence-electron chi connectivity index (χ4n) is 4.96. The molecule has 176 valence electrons. The topological polar surface area (TPSA) is 82.1 Å². The van der Waals surface area contributed by atoms with Gasteiger partial charge in [0.1, 0.15) is 12.4 Å². The van der Waals surface area contributed by atoms with Crippen molar-refractivity contribution in [2.24, 2.45) is 5.41 Å².